The minimum Gasteiger partial charge on any atom is -0.480 e. The Morgan fingerprint density at radius 2 is 2.00 bits per heavy atom. The summed E-state index contributed by atoms with van der Waals surface area (Å²) in [5.74, 6) is 0.656. The molecule has 0 saturated heterocycles. The zero-order chi connectivity index (χ0) is 10.9. The molecule has 5 heteroatoms. The van der Waals surface area contributed by atoms with E-state index in [4.69, 9.17) is 5.11 Å². The number of carbonyl (C=O) groups is 1. The van der Waals surface area contributed by atoms with Crippen LogP contribution in [0.15, 0.2) is 0 Å². The average Bonchev–Trinajstić information content (AvgIpc) is 2.46. The lowest BCUT2D eigenvalue weighted by molar-refractivity contribution is -0.140. The first-order chi connectivity index (χ1) is 6.43. The van der Waals surface area contributed by atoms with Crippen LogP contribution in [0.1, 0.15) is 44.4 Å². The number of hydrogen-bond acceptors (Lipinski definition) is 3. The number of rotatable bonds is 3. The summed E-state index contributed by atoms with van der Waals surface area (Å²) in [4.78, 5) is 14.9. The van der Waals surface area contributed by atoms with E-state index in [1.54, 1.807) is 13.8 Å². The Morgan fingerprint density at radius 3 is 2.36 bits per heavy atom. The summed E-state index contributed by atoms with van der Waals surface area (Å²) >= 11 is 0. The van der Waals surface area contributed by atoms with E-state index in [-0.39, 0.29) is 5.92 Å². The van der Waals surface area contributed by atoms with Crippen LogP contribution >= 0.6 is 0 Å². The maximum absolute atomic E-state index is 10.7. The molecule has 78 valence electrons. The van der Waals surface area contributed by atoms with Crippen molar-refractivity contribution in [3.8, 4) is 0 Å². The fourth-order valence-electron chi connectivity index (χ4n) is 1.14. The average molecular weight is 197 g/mol. The molecule has 0 aliphatic heterocycles. The third-order valence-electron chi connectivity index (χ3n) is 2.06. The largest absolute Gasteiger partial charge is 0.480 e. The molecule has 14 heavy (non-hydrogen) atoms. The third kappa shape index (κ3) is 1.92. The SMILES string of the molecule is Cc1nc(C(C)C)nn1C(C)C(=O)O. The van der Waals surface area contributed by atoms with E-state index in [1.165, 1.54) is 4.68 Å². The van der Waals surface area contributed by atoms with Crippen molar-refractivity contribution in [2.45, 2.75) is 39.7 Å². The number of hydrogen-bond donors (Lipinski definition) is 1. The molecule has 1 heterocycles. The van der Waals surface area contributed by atoms with Gasteiger partial charge < -0.3 is 5.11 Å². The fourth-order valence-corrected chi connectivity index (χ4v) is 1.14. The van der Waals surface area contributed by atoms with Crippen molar-refractivity contribution in [1.29, 1.82) is 0 Å². The highest BCUT2D eigenvalue weighted by atomic mass is 16.4. The molecule has 0 spiro atoms. The van der Waals surface area contributed by atoms with Gasteiger partial charge in [0.1, 0.15) is 11.9 Å². The van der Waals surface area contributed by atoms with Gasteiger partial charge in [0.15, 0.2) is 5.82 Å². The van der Waals surface area contributed by atoms with Gasteiger partial charge in [-0.05, 0) is 13.8 Å². The minimum atomic E-state index is -0.895. The maximum Gasteiger partial charge on any atom is 0.328 e. The van der Waals surface area contributed by atoms with E-state index in [0.717, 1.165) is 0 Å². The van der Waals surface area contributed by atoms with Crippen LogP contribution < -0.4 is 0 Å². The monoisotopic (exact) mass is 197 g/mol. The summed E-state index contributed by atoms with van der Waals surface area (Å²) in [6.07, 6.45) is 0. The Hall–Kier alpha value is -1.39. The molecule has 1 atom stereocenters. The fraction of sp³-hybridized carbons (Fsp3) is 0.667. The molecule has 0 saturated carbocycles. The van der Waals surface area contributed by atoms with Crippen LogP contribution in [0.5, 0.6) is 0 Å². The molecule has 1 aromatic rings. The normalized spacial score (nSPS) is 13.2. The molecular weight excluding hydrogens is 182 g/mol. The van der Waals surface area contributed by atoms with Gasteiger partial charge in [-0.3, -0.25) is 0 Å². The Labute approximate surface area is 82.8 Å². The summed E-state index contributed by atoms with van der Waals surface area (Å²) < 4.78 is 1.44. The second kappa shape index (κ2) is 3.77. The number of nitrogens with zero attached hydrogens (tertiary/aromatic N) is 3. The molecule has 1 aromatic heterocycles. The van der Waals surface area contributed by atoms with Crippen LogP contribution in [0.2, 0.25) is 0 Å². The highest BCUT2D eigenvalue weighted by Gasteiger charge is 2.18. The zero-order valence-corrected chi connectivity index (χ0v) is 8.85. The van der Waals surface area contributed by atoms with Gasteiger partial charge >= 0.3 is 5.97 Å². The molecule has 0 aliphatic carbocycles. The zero-order valence-electron chi connectivity index (χ0n) is 8.85. The van der Waals surface area contributed by atoms with Gasteiger partial charge in [-0.1, -0.05) is 13.8 Å². The number of carboxylic acid groups (broad SMARTS) is 1. The first-order valence-corrected chi connectivity index (χ1v) is 4.59. The van der Waals surface area contributed by atoms with E-state index < -0.39 is 12.0 Å². The smallest absolute Gasteiger partial charge is 0.328 e. The van der Waals surface area contributed by atoms with Crippen molar-refractivity contribution in [1.82, 2.24) is 14.8 Å². The van der Waals surface area contributed by atoms with Gasteiger partial charge in [0.25, 0.3) is 0 Å². The lowest BCUT2D eigenvalue weighted by Gasteiger charge is -2.06. The van der Waals surface area contributed by atoms with Crippen LogP contribution in [0.4, 0.5) is 0 Å². The van der Waals surface area contributed by atoms with Crippen molar-refractivity contribution in [3.63, 3.8) is 0 Å². The first kappa shape index (κ1) is 10.7. The highest BCUT2D eigenvalue weighted by molar-refractivity contribution is 5.71. The van der Waals surface area contributed by atoms with Gasteiger partial charge in [0, 0.05) is 5.92 Å². The minimum absolute atomic E-state index is 0.218. The Balaban J connectivity index is 3.04. The number of carboxylic acids is 1. The molecular formula is C9H15N3O2. The van der Waals surface area contributed by atoms with E-state index in [0.29, 0.717) is 11.6 Å². The van der Waals surface area contributed by atoms with Gasteiger partial charge in [-0.25, -0.2) is 14.5 Å². The van der Waals surface area contributed by atoms with Crippen molar-refractivity contribution in [3.05, 3.63) is 11.6 Å². The Bertz CT molecular complexity index is 344. The van der Waals surface area contributed by atoms with Crippen LogP contribution in [0, 0.1) is 6.92 Å². The molecule has 0 aliphatic rings. The number of aliphatic carboxylic acids is 1. The van der Waals surface area contributed by atoms with E-state index in [2.05, 4.69) is 10.1 Å². The van der Waals surface area contributed by atoms with Crippen LogP contribution in [-0.2, 0) is 4.79 Å². The van der Waals surface area contributed by atoms with Crippen molar-refractivity contribution in [2.24, 2.45) is 0 Å². The van der Waals surface area contributed by atoms with Gasteiger partial charge in [-0.15, -0.1) is 0 Å². The molecule has 0 amide bonds. The molecule has 5 nitrogen and oxygen atoms in total. The first-order valence-electron chi connectivity index (χ1n) is 4.59. The number of aromatic nitrogens is 3. The lowest BCUT2D eigenvalue weighted by Crippen LogP contribution is -2.18. The summed E-state index contributed by atoms with van der Waals surface area (Å²) in [5, 5.41) is 13.0. The molecule has 0 bridgehead atoms. The topological polar surface area (TPSA) is 68.0 Å². The lowest BCUT2D eigenvalue weighted by atomic mass is 10.2. The van der Waals surface area contributed by atoms with Gasteiger partial charge in [-0.2, -0.15) is 5.10 Å². The summed E-state index contributed by atoms with van der Waals surface area (Å²) in [7, 11) is 0. The number of aryl methyl sites for hydroxylation is 1. The Morgan fingerprint density at radius 1 is 1.43 bits per heavy atom. The van der Waals surface area contributed by atoms with Gasteiger partial charge in [0.2, 0.25) is 0 Å². The molecule has 0 aromatic carbocycles. The second-order valence-electron chi connectivity index (χ2n) is 3.63. The van der Waals surface area contributed by atoms with Crippen LogP contribution in [0.3, 0.4) is 0 Å². The maximum atomic E-state index is 10.7. The van der Waals surface area contributed by atoms with Crippen LogP contribution in [0.25, 0.3) is 0 Å². The van der Waals surface area contributed by atoms with E-state index >= 15 is 0 Å². The summed E-state index contributed by atoms with van der Waals surface area (Å²) in [6, 6.07) is -0.657. The summed E-state index contributed by atoms with van der Waals surface area (Å²) in [6.45, 7) is 7.31. The quantitative estimate of drug-likeness (QED) is 0.794. The van der Waals surface area contributed by atoms with E-state index in [1.807, 2.05) is 13.8 Å². The summed E-state index contributed by atoms with van der Waals surface area (Å²) in [5.41, 5.74) is 0. The van der Waals surface area contributed by atoms with Crippen molar-refractivity contribution in [2.75, 3.05) is 0 Å². The highest BCUT2D eigenvalue weighted by Crippen LogP contribution is 2.13. The predicted molar refractivity (Wildman–Crippen MR) is 51.2 cm³/mol. The third-order valence-corrected chi connectivity index (χ3v) is 2.06. The van der Waals surface area contributed by atoms with Crippen molar-refractivity contribution >= 4 is 5.97 Å². The molecule has 0 radical (unpaired) electrons. The predicted octanol–water partition coefficient (Wildman–Crippen LogP) is 1.36. The molecule has 0 fully saturated rings. The molecule has 1 N–H and O–H groups in total. The second-order valence-corrected chi connectivity index (χ2v) is 3.63. The standard InChI is InChI=1S/C9H15N3O2/c1-5(2)8-10-7(4)12(11-8)6(3)9(13)14/h5-6H,1-4H3,(H,13,14). The van der Waals surface area contributed by atoms with E-state index in [9.17, 15) is 4.79 Å². The van der Waals surface area contributed by atoms with Crippen LogP contribution in [-0.4, -0.2) is 25.8 Å². The molecule has 1 unspecified atom stereocenters. The molecule has 1 rings (SSSR count). The Kier molecular flexibility index (Phi) is 2.88. The van der Waals surface area contributed by atoms with Crippen molar-refractivity contribution < 1.29 is 9.90 Å². The van der Waals surface area contributed by atoms with Gasteiger partial charge in [0.05, 0.1) is 0 Å².